The average molecular weight is 269 g/mol. The molecule has 1 aromatic heterocycles. The molecule has 3 N–H and O–H groups in total. The number of hydrogen-bond donors (Lipinski definition) is 2. The van der Waals surface area contributed by atoms with Crippen LogP contribution in [0.25, 0.3) is 0 Å². The van der Waals surface area contributed by atoms with Crippen molar-refractivity contribution in [3.63, 3.8) is 0 Å². The van der Waals surface area contributed by atoms with Crippen molar-refractivity contribution in [3.05, 3.63) is 47.8 Å². The standard InChI is InChI=1S/C15H15N3O2/c16-11-4-3-10-2-1-7-18(13(10)8-11)15(20)12-5-6-17-9-14(12)19/h3-6,8-9,19H,1-2,7,16H2. The summed E-state index contributed by atoms with van der Waals surface area (Å²) in [6.45, 7) is 0.622. The highest BCUT2D eigenvalue weighted by molar-refractivity contribution is 6.08. The molecule has 1 aliphatic rings. The summed E-state index contributed by atoms with van der Waals surface area (Å²) >= 11 is 0. The molecule has 0 saturated carbocycles. The molecular weight excluding hydrogens is 254 g/mol. The molecule has 102 valence electrons. The van der Waals surface area contributed by atoms with Crippen LogP contribution in [-0.4, -0.2) is 22.5 Å². The number of nitrogen functional groups attached to an aromatic ring is 1. The van der Waals surface area contributed by atoms with E-state index in [1.54, 1.807) is 4.90 Å². The van der Waals surface area contributed by atoms with E-state index in [0.29, 0.717) is 12.2 Å². The summed E-state index contributed by atoms with van der Waals surface area (Å²) in [7, 11) is 0. The van der Waals surface area contributed by atoms with Crippen molar-refractivity contribution in [2.24, 2.45) is 0 Å². The lowest BCUT2D eigenvalue weighted by Crippen LogP contribution is -2.35. The van der Waals surface area contributed by atoms with Gasteiger partial charge in [0.05, 0.1) is 11.8 Å². The van der Waals surface area contributed by atoms with Crippen LogP contribution in [0, 0.1) is 0 Å². The third-order valence-corrected chi connectivity index (χ3v) is 3.50. The molecule has 20 heavy (non-hydrogen) atoms. The first-order valence-electron chi connectivity index (χ1n) is 6.50. The number of rotatable bonds is 1. The minimum atomic E-state index is -0.226. The average Bonchev–Trinajstić information content (AvgIpc) is 2.46. The highest BCUT2D eigenvalue weighted by atomic mass is 16.3. The van der Waals surface area contributed by atoms with Gasteiger partial charge in [0.15, 0.2) is 0 Å². The van der Waals surface area contributed by atoms with Gasteiger partial charge in [0.2, 0.25) is 0 Å². The Labute approximate surface area is 116 Å². The van der Waals surface area contributed by atoms with Crippen LogP contribution in [0.2, 0.25) is 0 Å². The van der Waals surface area contributed by atoms with Crippen molar-refractivity contribution in [1.82, 2.24) is 4.98 Å². The minimum absolute atomic E-state index is 0.103. The normalized spacial score (nSPS) is 13.9. The van der Waals surface area contributed by atoms with Crippen LogP contribution in [0.5, 0.6) is 5.75 Å². The van der Waals surface area contributed by atoms with E-state index in [9.17, 15) is 9.90 Å². The quantitative estimate of drug-likeness (QED) is 0.776. The Bertz CT molecular complexity index is 670. The number of anilines is 2. The number of aryl methyl sites for hydroxylation is 1. The topological polar surface area (TPSA) is 79.5 Å². The van der Waals surface area contributed by atoms with Gasteiger partial charge < -0.3 is 15.7 Å². The van der Waals surface area contributed by atoms with Gasteiger partial charge in [0.1, 0.15) is 5.75 Å². The summed E-state index contributed by atoms with van der Waals surface area (Å²) in [6.07, 6.45) is 4.60. The largest absolute Gasteiger partial charge is 0.505 e. The smallest absolute Gasteiger partial charge is 0.262 e. The van der Waals surface area contributed by atoms with Crippen LogP contribution in [0.4, 0.5) is 11.4 Å². The van der Waals surface area contributed by atoms with Crippen molar-refractivity contribution < 1.29 is 9.90 Å². The number of nitrogens with zero attached hydrogens (tertiary/aromatic N) is 2. The summed E-state index contributed by atoms with van der Waals surface area (Å²) < 4.78 is 0. The van der Waals surface area contributed by atoms with Crippen molar-refractivity contribution in [3.8, 4) is 5.75 Å². The van der Waals surface area contributed by atoms with E-state index < -0.39 is 0 Å². The van der Waals surface area contributed by atoms with Gasteiger partial charge >= 0.3 is 0 Å². The van der Waals surface area contributed by atoms with E-state index in [4.69, 9.17) is 5.73 Å². The van der Waals surface area contributed by atoms with Crippen LogP contribution >= 0.6 is 0 Å². The minimum Gasteiger partial charge on any atom is -0.505 e. The maximum absolute atomic E-state index is 12.6. The van der Waals surface area contributed by atoms with Gasteiger partial charge in [0, 0.05) is 24.1 Å². The molecule has 2 heterocycles. The molecule has 2 aromatic rings. The fourth-order valence-electron chi connectivity index (χ4n) is 2.51. The first-order valence-corrected chi connectivity index (χ1v) is 6.50. The van der Waals surface area contributed by atoms with E-state index in [-0.39, 0.29) is 17.2 Å². The number of fused-ring (bicyclic) bond motifs is 1. The van der Waals surface area contributed by atoms with E-state index in [0.717, 1.165) is 24.1 Å². The molecule has 0 saturated heterocycles. The molecule has 1 aromatic carbocycles. The van der Waals surface area contributed by atoms with Crippen molar-refractivity contribution in [1.29, 1.82) is 0 Å². The van der Waals surface area contributed by atoms with Crippen molar-refractivity contribution in [2.45, 2.75) is 12.8 Å². The number of benzene rings is 1. The zero-order valence-corrected chi connectivity index (χ0v) is 10.9. The van der Waals surface area contributed by atoms with Gasteiger partial charge in [-0.1, -0.05) is 6.07 Å². The number of pyridine rings is 1. The first-order chi connectivity index (χ1) is 9.66. The van der Waals surface area contributed by atoms with Gasteiger partial charge in [-0.05, 0) is 36.6 Å². The van der Waals surface area contributed by atoms with Gasteiger partial charge in [0.25, 0.3) is 5.91 Å². The monoisotopic (exact) mass is 269 g/mol. The summed E-state index contributed by atoms with van der Waals surface area (Å²) in [4.78, 5) is 18.1. The molecule has 0 unspecified atom stereocenters. The van der Waals surface area contributed by atoms with Crippen LogP contribution < -0.4 is 10.6 Å². The lowest BCUT2D eigenvalue weighted by molar-refractivity contribution is 0.0982. The number of aromatic nitrogens is 1. The summed E-state index contributed by atoms with van der Waals surface area (Å²) in [5.74, 6) is -0.329. The van der Waals surface area contributed by atoms with E-state index >= 15 is 0 Å². The van der Waals surface area contributed by atoms with Gasteiger partial charge in [-0.15, -0.1) is 0 Å². The highest BCUT2D eigenvalue weighted by Crippen LogP contribution is 2.31. The SMILES string of the molecule is Nc1ccc2c(c1)N(C(=O)c1ccncc1O)CCC2. The third kappa shape index (κ3) is 2.07. The summed E-state index contributed by atoms with van der Waals surface area (Å²) in [5.41, 5.74) is 8.64. The van der Waals surface area contributed by atoms with Crippen LogP contribution in [0.15, 0.2) is 36.7 Å². The molecule has 5 heteroatoms. The fraction of sp³-hybridized carbons (Fsp3) is 0.200. The van der Waals surface area contributed by atoms with Crippen molar-refractivity contribution in [2.75, 3.05) is 17.2 Å². The van der Waals surface area contributed by atoms with Crippen molar-refractivity contribution >= 4 is 17.3 Å². The predicted octanol–water partition coefficient (Wildman–Crippen LogP) is 1.96. The molecular formula is C15H15N3O2. The Kier molecular flexibility index (Phi) is 3.02. The molecule has 0 spiro atoms. The zero-order chi connectivity index (χ0) is 14.1. The first kappa shape index (κ1) is 12.5. The number of hydrogen-bond acceptors (Lipinski definition) is 4. The van der Waals surface area contributed by atoms with Gasteiger partial charge in [-0.3, -0.25) is 9.78 Å². The van der Waals surface area contributed by atoms with Gasteiger partial charge in [-0.25, -0.2) is 0 Å². The molecule has 0 fully saturated rings. The highest BCUT2D eigenvalue weighted by Gasteiger charge is 2.25. The summed E-state index contributed by atoms with van der Waals surface area (Å²) in [5, 5.41) is 9.78. The molecule has 0 atom stereocenters. The molecule has 1 amide bonds. The third-order valence-electron chi connectivity index (χ3n) is 3.50. The second-order valence-electron chi connectivity index (χ2n) is 4.84. The van der Waals surface area contributed by atoms with E-state index in [1.165, 1.54) is 18.5 Å². The Morgan fingerprint density at radius 1 is 1.35 bits per heavy atom. The Morgan fingerprint density at radius 2 is 2.20 bits per heavy atom. The number of nitrogens with two attached hydrogens (primary N) is 1. The number of carbonyl (C=O) groups is 1. The second-order valence-corrected chi connectivity index (χ2v) is 4.84. The molecule has 5 nitrogen and oxygen atoms in total. The van der Waals surface area contributed by atoms with Gasteiger partial charge in [-0.2, -0.15) is 0 Å². The lowest BCUT2D eigenvalue weighted by atomic mass is 10.00. The maximum atomic E-state index is 12.6. The molecule has 3 rings (SSSR count). The molecule has 0 aliphatic carbocycles. The van der Waals surface area contributed by atoms with E-state index in [2.05, 4.69) is 4.98 Å². The number of amides is 1. The summed E-state index contributed by atoms with van der Waals surface area (Å²) in [6, 6.07) is 7.14. The van der Waals surface area contributed by atoms with E-state index in [1.807, 2.05) is 18.2 Å². The maximum Gasteiger partial charge on any atom is 0.262 e. The molecule has 0 radical (unpaired) electrons. The second kappa shape index (κ2) is 4.85. The van der Waals surface area contributed by atoms with Crippen LogP contribution in [0.1, 0.15) is 22.3 Å². The molecule has 0 bridgehead atoms. The zero-order valence-electron chi connectivity index (χ0n) is 10.9. The number of aromatic hydroxyl groups is 1. The molecule has 1 aliphatic heterocycles. The lowest BCUT2D eigenvalue weighted by Gasteiger charge is -2.30. The fourth-order valence-corrected chi connectivity index (χ4v) is 2.51. The van der Waals surface area contributed by atoms with Crippen LogP contribution in [-0.2, 0) is 6.42 Å². The Balaban J connectivity index is 2.03. The Morgan fingerprint density at radius 3 is 3.00 bits per heavy atom. The Hall–Kier alpha value is -2.56. The predicted molar refractivity (Wildman–Crippen MR) is 76.8 cm³/mol. The number of carbonyl (C=O) groups excluding carboxylic acids is 1. The van der Waals surface area contributed by atoms with Crippen LogP contribution in [0.3, 0.4) is 0 Å².